The van der Waals surface area contributed by atoms with Gasteiger partial charge < -0.3 is 15.5 Å². The smallest absolute Gasteiger partial charge is 0.276 e. The molecule has 2 aromatic heterocycles. The number of carbonyl (C=O) groups excluding carboxylic acids is 1. The van der Waals surface area contributed by atoms with Crippen LogP contribution in [0.3, 0.4) is 0 Å². The molecule has 0 aliphatic carbocycles. The van der Waals surface area contributed by atoms with Crippen LogP contribution < -0.4 is 15.5 Å². The van der Waals surface area contributed by atoms with Gasteiger partial charge in [0.25, 0.3) is 11.8 Å². The van der Waals surface area contributed by atoms with Crippen molar-refractivity contribution in [2.45, 2.75) is 19.3 Å². The zero-order chi connectivity index (χ0) is 27.4. The molecule has 1 aromatic carbocycles. The number of aromatic nitrogens is 3. The highest BCUT2D eigenvalue weighted by Crippen LogP contribution is 2.28. The number of halogens is 2. The van der Waals surface area contributed by atoms with Crippen LogP contribution in [-0.2, 0) is 0 Å². The monoisotopic (exact) mass is 534 g/mol. The quantitative estimate of drug-likeness (QED) is 0.299. The number of aromatic amines is 1. The van der Waals surface area contributed by atoms with E-state index in [1.54, 1.807) is 17.3 Å². The van der Waals surface area contributed by atoms with Crippen LogP contribution in [0.4, 0.5) is 20.3 Å². The van der Waals surface area contributed by atoms with Crippen LogP contribution in [0.2, 0.25) is 0 Å². The normalized spacial score (nSPS) is 18.5. The standard InChI is InChI=1S/C28H32F2N8O/c1-19(13-20(15-31-2)17-37-10-7-28(29,30)18-37)21-3-5-24-23(14-21)26(36-35-24)27(39)34-22-4-6-25(33-16-22)38-11-8-32-9-12-38/h3-6,13-16,32H,2,7-12,17-18H2,1H3,(H,34,39)(H,35,36)/b19-13+,20-15+. The molecule has 0 radical (unpaired) electrons. The Morgan fingerprint density at radius 1 is 1.23 bits per heavy atom. The molecule has 3 aromatic rings. The molecule has 11 heteroatoms. The number of nitrogens with zero attached hydrogens (tertiary/aromatic N) is 5. The van der Waals surface area contributed by atoms with Crippen LogP contribution >= 0.6 is 0 Å². The largest absolute Gasteiger partial charge is 0.354 e. The van der Waals surface area contributed by atoms with Crippen LogP contribution in [0.5, 0.6) is 0 Å². The van der Waals surface area contributed by atoms with Crippen molar-refractivity contribution in [3.63, 3.8) is 0 Å². The number of carbonyl (C=O) groups is 1. The number of likely N-dealkylation sites (tertiary alicyclic amines) is 1. The predicted molar refractivity (Wildman–Crippen MR) is 151 cm³/mol. The Morgan fingerprint density at radius 3 is 2.74 bits per heavy atom. The molecular weight excluding hydrogens is 502 g/mol. The Balaban J connectivity index is 1.31. The molecule has 204 valence electrons. The highest BCUT2D eigenvalue weighted by Gasteiger charge is 2.38. The number of hydrogen-bond acceptors (Lipinski definition) is 7. The van der Waals surface area contributed by atoms with Crippen molar-refractivity contribution < 1.29 is 13.6 Å². The minimum absolute atomic E-state index is 0.136. The number of hydrogen-bond donors (Lipinski definition) is 3. The second kappa shape index (κ2) is 11.4. The topological polar surface area (TPSA) is 102 Å². The van der Waals surface area contributed by atoms with Crippen molar-refractivity contribution in [1.29, 1.82) is 0 Å². The van der Waals surface area contributed by atoms with Crippen molar-refractivity contribution in [2.24, 2.45) is 4.99 Å². The van der Waals surface area contributed by atoms with Crippen molar-refractivity contribution in [1.82, 2.24) is 25.4 Å². The third-order valence-corrected chi connectivity index (χ3v) is 6.99. The van der Waals surface area contributed by atoms with E-state index in [0.29, 0.717) is 24.2 Å². The van der Waals surface area contributed by atoms with Gasteiger partial charge in [0.05, 0.1) is 23.9 Å². The van der Waals surface area contributed by atoms with Crippen LogP contribution in [-0.4, -0.2) is 84.4 Å². The second-order valence-electron chi connectivity index (χ2n) is 9.96. The van der Waals surface area contributed by atoms with Gasteiger partial charge in [0.2, 0.25) is 0 Å². The lowest BCUT2D eigenvalue weighted by Gasteiger charge is -2.28. The van der Waals surface area contributed by atoms with E-state index in [4.69, 9.17) is 0 Å². The molecule has 0 spiro atoms. The van der Waals surface area contributed by atoms with Gasteiger partial charge in [-0.2, -0.15) is 5.10 Å². The molecule has 9 nitrogen and oxygen atoms in total. The number of allylic oxidation sites excluding steroid dienone is 1. The van der Waals surface area contributed by atoms with E-state index < -0.39 is 5.92 Å². The molecule has 5 rings (SSSR count). The molecular formula is C28H32F2N8O. The first-order chi connectivity index (χ1) is 18.8. The van der Waals surface area contributed by atoms with Gasteiger partial charge in [0, 0.05) is 57.3 Å². The maximum Gasteiger partial charge on any atom is 0.276 e. The van der Waals surface area contributed by atoms with Crippen molar-refractivity contribution in [2.75, 3.05) is 56.0 Å². The zero-order valence-corrected chi connectivity index (χ0v) is 21.9. The van der Waals surface area contributed by atoms with E-state index in [2.05, 4.69) is 42.4 Å². The number of pyridine rings is 1. The molecule has 0 saturated carbocycles. The highest BCUT2D eigenvalue weighted by molar-refractivity contribution is 6.11. The fourth-order valence-corrected chi connectivity index (χ4v) is 4.97. The molecule has 39 heavy (non-hydrogen) atoms. The highest BCUT2D eigenvalue weighted by atomic mass is 19.3. The van der Waals surface area contributed by atoms with Gasteiger partial charge in [-0.15, -0.1) is 0 Å². The van der Waals surface area contributed by atoms with Gasteiger partial charge in [-0.05, 0) is 54.6 Å². The summed E-state index contributed by atoms with van der Waals surface area (Å²) in [6.07, 6.45) is 5.03. The summed E-state index contributed by atoms with van der Waals surface area (Å²) >= 11 is 0. The molecule has 4 heterocycles. The summed E-state index contributed by atoms with van der Waals surface area (Å²) in [5, 5.41) is 14.1. The first-order valence-corrected chi connectivity index (χ1v) is 13.0. The molecule has 0 bridgehead atoms. The summed E-state index contributed by atoms with van der Waals surface area (Å²) in [4.78, 5) is 25.4. The number of H-pyrrole nitrogens is 1. The third-order valence-electron chi connectivity index (χ3n) is 6.99. The molecule has 2 saturated heterocycles. The molecule has 1 amide bonds. The SMILES string of the molecule is C=N/C=C(\C=C(/C)c1ccc2[nH]nc(C(=O)Nc3ccc(N4CCNCC4)nc3)c2c1)CN1CCC(F)(F)C1. The molecule has 0 atom stereocenters. The Labute approximate surface area is 225 Å². The lowest BCUT2D eigenvalue weighted by molar-refractivity contribution is 0.0131. The first kappa shape index (κ1) is 26.6. The van der Waals surface area contributed by atoms with E-state index in [1.165, 1.54) is 0 Å². The molecule has 2 fully saturated rings. The maximum atomic E-state index is 13.7. The summed E-state index contributed by atoms with van der Waals surface area (Å²) in [5.74, 6) is -2.12. The number of amides is 1. The lowest BCUT2D eigenvalue weighted by atomic mass is 10.0. The van der Waals surface area contributed by atoms with E-state index in [1.807, 2.05) is 43.3 Å². The Kier molecular flexibility index (Phi) is 7.80. The Morgan fingerprint density at radius 2 is 2.05 bits per heavy atom. The van der Waals surface area contributed by atoms with Gasteiger partial charge in [-0.1, -0.05) is 12.1 Å². The average molecular weight is 535 g/mol. The van der Waals surface area contributed by atoms with Crippen LogP contribution in [0, 0.1) is 0 Å². The van der Waals surface area contributed by atoms with Crippen molar-refractivity contribution in [3.8, 4) is 0 Å². The number of anilines is 2. The second-order valence-corrected chi connectivity index (χ2v) is 9.96. The van der Waals surface area contributed by atoms with Gasteiger partial charge in [0.15, 0.2) is 5.69 Å². The predicted octanol–water partition coefficient (Wildman–Crippen LogP) is 3.95. The lowest BCUT2D eigenvalue weighted by Crippen LogP contribution is -2.43. The molecule has 2 aliphatic rings. The fourth-order valence-electron chi connectivity index (χ4n) is 4.97. The average Bonchev–Trinajstić information content (AvgIpc) is 3.51. The first-order valence-electron chi connectivity index (χ1n) is 13.0. The van der Waals surface area contributed by atoms with E-state index in [9.17, 15) is 13.6 Å². The summed E-state index contributed by atoms with van der Waals surface area (Å²) in [6.45, 7) is 9.51. The fraction of sp³-hybridized carbons (Fsp3) is 0.357. The van der Waals surface area contributed by atoms with E-state index >= 15 is 0 Å². The van der Waals surface area contributed by atoms with Gasteiger partial charge in [0.1, 0.15) is 5.82 Å². The summed E-state index contributed by atoms with van der Waals surface area (Å²) < 4.78 is 27.3. The molecule has 0 unspecified atom stereocenters. The molecule has 2 aliphatic heterocycles. The van der Waals surface area contributed by atoms with Crippen LogP contribution in [0.1, 0.15) is 29.4 Å². The van der Waals surface area contributed by atoms with Crippen LogP contribution in [0.15, 0.2) is 59.4 Å². The van der Waals surface area contributed by atoms with Gasteiger partial charge in [-0.3, -0.25) is 19.8 Å². The number of nitrogens with one attached hydrogen (secondary N) is 3. The Bertz CT molecular complexity index is 1410. The van der Waals surface area contributed by atoms with Crippen LogP contribution in [0.25, 0.3) is 16.5 Å². The number of fused-ring (bicyclic) bond motifs is 1. The summed E-state index contributed by atoms with van der Waals surface area (Å²) in [5.41, 5.74) is 4.14. The zero-order valence-electron chi connectivity index (χ0n) is 21.9. The van der Waals surface area contributed by atoms with Crippen molar-refractivity contribution in [3.05, 3.63) is 65.6 Å². The van der Waals surface area contributed by atoms with E-state index in [0.717, 1.165) is 54.2 Å². The maximum absolute atomic E-state index is 13.7. The number of aliphatic imine (C=N–C) groups is 1. The van der Waals surface area contributed by atoms with Crippen molar-refractivity contribution >= 4 is 40.6 Å². The van der Waals surface area contributed by atoms with Gasteiger partial charge >= 0.3 is 0 Å². The number of alkyl halides is 2. The number of benzene rings is 1. The minimum atomic E-state index is -2.65. The summed E-state index contributed by atoms with van der Waals surface area (Å²) in [7, 11) is 0. The molecule has 3 N–H and O–H groups in total. The van der Waals surface area contributed by atoms with Gasteiger partial charge in [-0.25, -0.2) is 13.8 Å². The third kappa shape index (κ3) is 6.37. The van der Waals surface area contributed by atoms with E-state index in [-0.39, 0.29) is 24.6 Å². The number of rotatable bonds is 8. The minimum Gasteiger partial charge on any atom is -0.354 e. The summed E-state index contributed by atoms with van der Waals surface area (Å²) in [6, 6.07) is 9.44. The Hall–Kier alpha value is -3.96. The number of piperazine rings is 1.